The molecular formula is C8H11N. The Hall–Kier alpha value is -1.24. The van der Waals surface area contributed by atoms with Crippen LogP contribution in [0.3, 0.4) is 0 Å². The molecule has 9 heavy (non-hydrogen) atoms. The van der Waals surface area contributed by atoms with E-state index in [9.17, 15) is 0 Å². The minimum absolute atomic E-state index is 0.685. The number of hydrogen-bond donors (Lipinski definition) is 1. The van der Waals surface area contributed by atoms with E-state index in [0.29, 0.717) is 5.70 Å². The zero-order valence-electron chi connectivity index (χ0n) is 5.38. The van der Waals surface area contributed by atoms with Crippen molar-refractivity contribution in [3.05, 3.63) is 49.2 Å². The smallest absolute Gasteiger partial charge is 0.0313 e. The van der Waals surface area contributed by atoms with E-state index in [1.807, 2.05) is 0 Å². The van der Waals surface area contributed by atoms with Crippen molar-refractivity contribution in [2.24, 2.45) is 5.73 Å². The Morgan fingerprint density at radius 3 is 2.33 bits per heavy atom. The Kier molecular flexibility index (Phi) is 4.23. The first-order valence-corrected chi connectivity index (χ1v) is 2.68. The maximum atomic E-state index is 5.43. The molecule has 1 heteroatoms. The summed E-state index contributed by atoms with van der Waals surface area (Å²) in [5.74, 6) is 0. The van der Waals surface area contributed by atoms with E-state index in [1.165, 1.54) is 0 Å². The van der Waals surface area contributed by atoms with Gasteiger partial charge >= 0.3 is 0 Å². The molecule has 0 fully saturated rings. The predicted molar refractivity (Wildman–Crippen MR) is 41.8 cm³/mol. The summed E-state index contributed by atoms with van der Waals surface area (Å²) in [6.07, 6.45) is 8.57. The Morgan fingerprint density at radius 1 is 1.22 bits per heavy atom. The van der Waals surface area contributed by atoms with Gasteiger partial charge in [0.1, 0.15) is 0 Å². The molecular weight excluding hydrogens is 110 g/mol. The van der Waals surface area contributed by atoms with E-state index < -0.39 is 0 Å². The summed E-state index contributed by atoms with van der Waals surface area (Å²) >= 11 is 0. The Morgan fingerprint density at radius 2 is 1.89 bits per heavy atom. The van der Waals surface area contributed by atoms with Gasteiger partial charge < -0.3 is 5.73 Å². The second-order valence-corrected chi connectivity index (χ2v) is 1.50. The highest BCUT2D eigenvalue weighted by atomic mass is 14.5. The fourth-order valence-electron chi connectivity index (χ4n) is 0.371. The van der Waals surface area contributed by atoms with Crippen LogP contribution < -0.4 is 5.73 Å². The van der Waals surface area contributed by atoms with E-state index in [1.54, 1.807) is 30.4 Å². The van der Waals surface area contributed by atoms with E-state index in [0.717, 1.165) is 0 Å². The summed E-state index contributed by atoms with van der Waals surface area (Å²) in [6, 6.07) is 0. The third-order valence-electron chi connectivity index (χ3n) is 0.735. The summed E-state index contributed by atoms with van der Waals surface area (Å²) in [6.45, 7) is 6.99. The summed E-state index contributed by atoms with van der Waals surface area (Å²) in [7, 11) is 0. The average molecular weight is 121 g/mol. The van der Waals surface area contributed by atoms with Gasteiger partial charge in [-0.3, -0.25) is 0 Å². The van der Waals surface area contributed by atoms with Crippen LogP contribution in [0.1, 0.15) is 0 Å². The number of hydrogen-bond acceptors (Lipinski definition) is 1. The van der Waals surface area contributed by atoms with Gasteiger partial charge in [0.05, 0.1) is 0 Å². The van der Waals surface area contributed by atoms with Crippen LogP contribution in [0, 0.1) is 0 Å². The van der Waals surface area contributed by atoms with Crippen LogP contribution >= 0.6 is 0 Å². The first-order chi connectivity index (χ1) is 4.31. The Balaban J connectivity index is 3.88. The maximum Gasteiger partial charge on any atom is 0.0313 e. The molecule has 0 aromatic rings. The van der Waals surface area contributed by atoms with Crippen LogP contribution in [0.4, 0.5) is 0 Å². The lowest BCUT2D eigenvalue weighted by Crippen LogP contribution is -1.90. The molecule has 0 unspecified atom stereocenters. The molecule has 0 amide bonds. The minimum atomic E-state index is 0.685. The van der Waals surface area contributed by atoms with E-state index in [2.05, 4.69) is 13.2 Å². The third kappa shape index (κ3) is 4.62. The van der Waals surface area contributed by atoms with E-state index in [-0.39, 0.29) is 0 Å². The van der Waals surface area contributed by atoms with Crippen molar-refractivity contribution in [3.8, 4) is 0 Å². The lowest BCUT2D eigenvalue weighted by Gasteiger charge is -1.84. The second-order valence-electron chi connectivity index (χ2n) is 1.50. The van der Waals surface area contributed by atoms with Crippen molar-refractivity contribution in [1.29, 1.82) is 0 Å². The number of nitrogens with two attached hydrogens (primary N) is 1. The van der Waals surface area contributed by atoms with E-state index in [4.69, 9.17) is 5.73 Å². The van der Waals surface area contributed by atoms with Gasteiger partial charge in [0.2, 0.25) is 0 Å². The molecule has 0 rings (SSSR count). The molecule has 0 atom stereocenters. The zero-order valence-corrected chi connectivity index (χ0v) is 5.38. The SMILES string of the molecule is C=C/C=C\C(N)=C/C=C. The molecule has 0 aliphatic rings. The van der Waals surface area contributed by atoms with Crippen LogP contribution in [0.25, 0.3) is 0 Å². The van der Waals surface area contributed by atoms with Gasteiger partial charge in [0, 0.05) is 5.70 Å². The summed E-state index contributed by atoms with van der Waals surface area (Å²) in [5.41, 5.74) is 6.11. The van der Waals surface area contributed by atoms with Crippen LogP contribution in [0.15, 0.2) is 49.2 Å². The monoisotopic (exact) mass is 121 g/mol. The molecule has 1 nitrogen and oxygen atoms in total. The molecule has 0 radical (unpaired) electrons. The first kappa shape index (κ1) is 7.76. The summed E-state index contributed by atoms with van der Waals surface area (Å²) < 4.78 is 0. The zero-order chi connectivity index (χ0) is 7.11. The minimum Gasteiger partial charge on any atom is -0.399 e. The molecule has 0 heterocycles. The Labute approximate surface area is 55.9 Å². The quantitative estimate of drug-likeness (QED) is 0.566. The van der Waals surface area contributed by atoms with Crippen molar-refractivity contribution in [2.45, 2.75) is 0 Å². The molecule has 0 saturated heterocycles. The highest BCUT2D eigenvalue weighted by Gasteiger charge is 1.72. The van der Waals surface area contributed by atoms with Gasteiger partial charge in [0.25, 0.3) is 0 Å². The third-order valence-corrected chi connectivity index (χ3v) is 0.735. The van der Waals surface area contributed by atoms with Crippen LogP contribution in [-0.2, 0) is 0 Å². The summed E-state index contributed by atoms with van der Waals surface area (Å²) in [5, 5.41) is 0. The van der Waals surface area contributed by atoms with Crippen molar-refractivity contribution in [3.63, 3.8) is 0 Å². The lowest BCUT2D eigenvalue weighted by atomic mass is 10.3. The maximum absolute atomic E-state index is 5.43. The largest absolute Gasteiger partial charge is 0.399 e. The van der Waals surface area contributed by atoms with Crippen molar-refractivity contribution >= 4 is 0 Å². The molecule has 0 aliphatic carbocycles. The lowest BCUT2D eigenvalue weighted by molar-refractivity contribution is 1.43. The van der Waals surface area contributed by atoms with Gasteiger partial charge in [-0.05, 0) is 12.2 Å². The van der Waals surface area contributed by atoms with Gasteiger partial charge in [-0.15, -0.1) is 0 Å². The van der Waals surface area contributed by atoms with Gasteiger partial charge in [-0.1, -0.05) is 31.4 Å². The first-order valence-electron chi connectivity index (χ1n) is 2.68. The molecule has 0 spiro atoms. The topological polar surface area (TPSA) is 26.0 Å². The highest BCUT2D eigenvalue weighted by Crippen LogP contribution is 1.86. The summed E-state index contributed by atoms with van der Waals surface area (Å²) in [4.78, 5) is 0. The second kappa shape index (κ2) is 4.91. The van der Waals surface area contributed by atoms with Crippen LogP contribution in [0.2, 0.25) is 0 Å². The fraction of sp³-hybridized carbons (Fsp3) is 0. The Bertz CT molecular complexity index is 152. The number of allylic oxidation sites excluding steroid dienone is 5. The van der Waals surface area contributed by atoms with Gasteiger partial charge in [0.15, 0.2) is 0 Å². The van der Waals surface area contributed by atoms with Crippen molar-refractivity contribution < 1.29 is 0 Å². The van der Waals surface area contributed by atoms with E-state index >= 15 is 0 Å². The molecule has 0 bridgehead atoms. The molecule has 0 aromatic heterocycles. The molecule has 0 saturated carbocycles. The predicted octanol–water partition coefficient (Wildman–Crippen LogP) is 1.76. The van der Waals surface area contributed by atoms with Gasteiger partial charge in [-0.2, -0.15) is 0 Å². The molecule has 0 aromatic carbocycles. The van der Waals surface area contributed by atoms with Gasteiger partial charge in [-0.25, -0.2) is 0 Å². The normalized spacial score (nSPS) is 11.8. The number of rotatable bonds is 3. The highest BCUT2D eigenvalue weighted by molar-refractivity contribution is 5.21. The fourth-order valence-corrected chi connectivity index (χ4v) is 0.371. The standard InChI is InChI=1S/C8H11N/c1-3-5-7-8(9)6-4-2/h3-7H,1-2,9H2/b7-5-,8-6+. The van der Waals surface area contributed by atoms with Crippen molar-refractivity contribution in [2.75, 3.05) is 0 Å². The molecule has 2 N–H and O–H groups in total. The van der Waals surface area contributed by atoms with Crippen LogP contribution in [0.5, 0.6) is 0 Å². The molecule has 0 aliphatic heterocycles. The average Bonchev–Trinajstić information content (AvgIpc) is 1.85. The molecule has 48 valence electrons. The van der Waals surface area contributed by atoms with Crippen molar-refractivity contribution in [1.82, 2.24) is 0 Å². The van der Waals surface area contributed by atoms with Crippen LogP contribution in [-0.4, -0.2) is 0 Å².